The molecule has 2 fully saturated rings. The zero-order chi connectivity index (χ0) is 25.9. The molecule has 0 unspecified atom stereocenters. The predicted molar refractivity (Wildman–Crippen MR) is 149 cm³/mol. The van der Waals surface area contributed by atoms with E-state index in [0.29, 0.717) is 6.61 Å². The van der Waals surface area contributed by atoms with Crippen LogP contribution >= 0.6 is 0 Å². The van der Waals surface area contributed by atoms with Crippen LogP contribution in [0.5, 0.6) is 5.75 Å². The number of hydrogen-bond acceptors (Lipinski definition) is 7. The Morgan fingerprint density at radius 1 is 1.05 bits per heavy atom. The van der Waals surface area contributed by atoms with Gasteiger partial charge in [0.15, 0.2) is 0 Å². The highest BCUT2D eigenvalue weighted by molar-refractivity contribution is 5.96. The van der Waals surface area contributed by atoms with Gasteiger partial charge in [-0.05, 0) is 80.4 Å². The molecule has 3 aromatic rings. The Labute approximate surface area is 219 Å². The molecule has 8 nitrogen and oxygen atoms in total. The molecule has 0 radical (unpaired) electrons. The van der Waals surface area contributed by atoms with Gasteiger partial charge in [0.2, 0.25) is 0 Å². The van der Waals surface area contributed by atoms with Crippen LogP contribution in [0.15, 0.2) is 48.5 Å². The smallest absolute Gasteiger partial charge is 0.406 e. The van der Waals surface area contributed by atoms with E-state index in [2.05, 4.69) is 65.4 Å². The number of carbonyl (C=O) groups excluding carboxylic acids is 1. The van der Waals surface area contributed by atoms with E-state index in [0.717, 1.165) is 53.1 Å². The van der Waals surface area contributed by atoms with E-state index >= 15 is 0 Å². The maximum atomic E-state index is 11.2. The van der Waals surface area contributed by atoms with Crippen LogP contribution in [-0.4, -0.2) is 83.6 Å². The highest BCUT2D eigenvalue weighted by atomic mass is 16.6. The monoisotopic (exact) mass is 503 g/mol. The molecule has 1 aromatic heterocycles. The highest BCUT2D eigenvalue weighted by Gasteiger charge is 2.36. The van der Waals surface area contributed by atoms with Crippen molar-refractivity contribution in [3.8, 4) is 17.0 Å². The first-order chi connectivity index (χ1) is 17.9. The lowest BCUT2D eigenvalue weighted by molar-refractivity contribution is 0.127. The van der Waals surface area contributed by atoms with Crippen molar-refractivity contribution >= 4 is 28.4 Å². The van der Waals surface area contributed by atoms with Crippen LogP contribution in [0.4, 0.5) is 16.2 Å². The first-order valence-corrected chi connectivity index (χ1v) is 13.0. The molecule has 5 rings (SSSR count). The lowest BCUT2D eigenvalue weighted by Crippen LogP contribution is -2.37. The zero-order valence-electron chi connectivity index (χ0n) is 22.2. The number of pyridine rings is 1. The number of alkyl carbamates (subject to hydrolysis) is 1. The molecule has 2 aliphatic heterocycles. The summed E-state index contributed by atoms with van der Waals surface area (Å²) >= 11 is 0. The molecular formula is C29H37N5O3. The van der Waals surface area contributed by atoms with Crippen LogP contribution < -0.4 is 19.9 Å². The van der Waals surface area contributed by atoms with Gasteiger partial charge in [-0.15, -0.1) is 0 Å². The summed E-state index contributed by atoms with van der Waals surface area (Å²) in [6.45, 7) is 5.06. The first-order valence-electron chi connectivity index (χ1n) is 13.0. The average molecular weight is 504 g/mol. The number of ether oxygens (including phenoxy) is 2. The summed E-state index contributed by atoms with van der Waals surface area (Å²) in [5, 5.41) is 3.63. The number of likely N-dealkylation sites (tertiary alicyclic amines) is 1. The van der Waals surface area contributed by atoms with E-state index in [1.807, 2.05) is 24.3 Å². The molecule has 3 heterocycles. The fraction of sp³-hybridized carbons (Fsp3) is 0.448. The molecule has 1 N–H and O–H groups in total. The Balaban J connectivity index is 1.42. The van der Waals surface area contributed by atoms with Gasteiger partial charge in [-0.2, -0.15) is 0 Å². The molecule has 2 atom stereocenters. The number of hydrogen-bond donors (Lipinski definition) is 1. The summed E-state index contributed by atoms with van der Waals surface area (Å²) < 4.78 is 10.7. The van der Waals surface area contributed by atoms with Crippen LogP contribution in [-0.2, 0) is 4.74 Å². The van der Waals surface area contributed by atoms with Gasteiger partial charge >= 0.3 is 6.09 Å². The number of nitrogens with zero attached hydrogens (tertiary/aromatic N) is 4. The van der Waals surface area contributed by atoms with Crippen molar-refractivity contribution in [3.63, 3.8) is 0 Å². The fourth-order valence-corrected chi connectivity index (χ4v) is 5.52. The summed E-state index contributed by atoms with van der Waals surface area (Å²) in [5.74, 6) is 2.20. The van der Waals surface area contributed by atoms with E-state index in [4.69, 9.17) is 14.5 Å². The molecule has 0 saturated carbocycles. The van der Waals surface area contributed by atoms with Crippen LogP contribution in [0.2, 0.25) is 0 Å². The van der Waals surface area contributed by atoms with Crippen molar-refractivity contribution in [2.24, 2.45) is 11.8 Å². The summed E-state index contributed by atoms with van der Waals surface area (Å²) in [7, 11) is 7.90. The normalized spacial score (nSPS) is 19.5. The van der Waals surface area contributed by atoms with Crippen LogP contribution in [0, 0.1) is 11.8 Å². The molecule has 2 saturated heterocycles. The third-order valence-electron chi connectivity index (χ3n) is 7.57. The van der Waals surface area contributed by atoms with E-state index < -0.39 is 6.09 Å². The summed E-state index contributed by atoms with van der Waals surface area (Å²) in [6.07, 6.45) is 0.812. The number of fused-ring (bicyclic) bond motifs is 2. The quantitative estimate of drug-likeness (QED) is 0.487. The third-order valence-corrected chi connectivity index (χ3v) is 7.57. The fourth-order valence-electron chi connectivity index (χ4n) is 5.52. The molecule has 0 bridgehead atoms. The second kappa shape index (κ2) is 10.8. The van der Waals surface area contributed by atoms with E-state index in [1.54, 1.807) is 0 Å². The van der Waals surface area contributed by atoms with Gasteiger partial charge in [0.05, 0.1) is 11.2 Å². The first kappa shape index (κ1) is 25.1. The minimum atomic E-state index is -0.459. The highest BCUT2D eigenvalue weighted by Crippen LogP contribution is 2.39. The van der Waals surface area contributed by atoms with Gasteiger partial charge in [-0.1, -0.05) is 0 Å². The molecule has 2 aliphatic rings. The Hall–Kier alpha value is -3.52. The molecule has 8 heteroatoms. The summed E-state index contributed by atoms with van der Waals surface area (Å²) in [6, 6.07) is 16.8. The Bertz CT molecular complexity index is 1250. The third kappa shape index (κ3) is 5.59. The van der Waals surface area contributed by atoms with Crippen LogP contribution in [0.3, 0.4) is 0 Å². The van der Waals surface area contributed by atoms with E-state index in [9.17, 15) is 4.79 Å². The topological polar surface area (TPSA) is 70.2 Å². The predicted octanol–water partition coefficient (Wildman–Crippen LogP) is 4.09. The number of anilines is 2. The second-order valence-electron chi connectivity index (χ2n) is 10.4. The maximum absolute atomic E-state index is 11.2. The van der Waals surface area contributed by atoms with Gasteiger partial charge in [0.25, 0.3) is 0 Å². The number of nitrogens with one attached hydrogen (secondary N) is 1. The molecule has 2 aromatic carbocycles. The van der Waals surface area contributed by atoms with Gasteiger partial charge in [-0.25, -0.2) is 9.78 Å². The van der Waals surface area contributed by atoms with E-state index in [1.165, 1.54) is 37.6 Å². The van der Waals surface area contributed by atoms with Crippen molar-refractivity contribution in [1.29, 1.82) is 0 Å². The van der Waals surface area contributed by atoms with Crippen LogP contribution in [0.25, 0.3) is 22.2 Å². The molecule has 0 spiro atoms. The Morgan fingerprint density at radius 2 is 1.84 bits per heavy atom. The summed E-state index contributed by atoms with van der Waals surface area (Å²) in [5.41, 5.74) is 5.43. The van der Waals surface area contributed by atoms with E-state index in [-0.39, 0.29) is 6.61 Å². The van der Waals surface area contributed by atoms with Gasteiger partial charge in [-0.3, -0.25) is 0 Å². The number of piperidine rings is 1. The van der Waals surface area contributed by atoms with Gasteiger partial charge < -0.3 is 29.5 Å². The van der Waals surface area contributed by atoms with Gasteiger partial charge in [0, 0.05) is 63.1 Å². The molecular weight excluding hydrogens is 466 g/mol. The molecule has 0 aliphatic carbocycles. The maximum Gasteiger partial charge on any atom is 0.406 e. The SMILES string of the molecule is CNC(=O)OCCOc1ccc(-c2cc(N3C[C@H]4CN(C)CC[C@H]4C3)c3ccc(N(C)C)cc3n2)cc1. The lowest BCUT2D eigenvalue weighted by Gasteiger charge is -2.31. The zero-order valence-corrected chi connectivity index (χ0v) is 22.2. The number of carbonyl (C=O) groups is 1. The minimum Gasteiger partial charge on any atom is -0.490 e. The minimum absolute atomic E-state index is 0.193. The van der Waals surface area contributed by atoms with Crippen LogP contribution in [0.1, 0.15) is 6.42 Å². The van der Waals surface area contributed by atoms with Crippen molar-refractivity contribution in [2.45, 2.75) is 6.42 Å². The number of benzene rings is 2. The largest absolute Gasteiger partial charge is 0.490 e. The van der Waals surface area contributed by atoms with Crippen molar-refractivity contribution in [1.82, 2.24) is 15.2 Å². The molecule has 37 heavy (non-hydrogen) atoms. The van der Waals surface area contributed by atoms with Crippen molar-refractivity contribution in [3.05, 3.63) is 48.5 Å². The molecule has 196 valence electrons. The van der Waals surface area contributed by atoms with Gasteiger partial charge in [0.1, 0.15) is 19.0 Å². The number of rotatable bonds is 7. The summed E-state index contributed by atoms with van der Waals surface area (Å²) in [4.78, 5) is 23.4. The van der Waals surface area contributed by atoms with Crippen molar-refractivity contribution in [2.75, 3.05) is 77.4 Å². The Morgan fingerprint density at radius 3 is 2.59 bits per heavy atom. The molecule has 1 amide bonds. The standard InChI is InChI=1S/C29H37N5O3/c1-30-29(35)37-14-13-36-24-8-5-20(6-9-24)26-16-28(25-10-7-23(32(2)3)15-27(25)31-26)34-18-21-11-12-33(4)17-22(21)19-34/h5-10,15-16,21-22H,11-14,17-19H2,1-4H3,(H,30,35)/t21-,22+/m0/s1. The lowest BCUT2D eigenvalue weighted by atomic mass is 9.89. The number of aromatic nitrogens is 1. The number of amides is 1. The van der Waals surface area contributed by atoms with Crippen molar-refractivity contribution < 1.29 is 14.3 Å². The Kier molecular flexibility index (Phi) is 7.37. The second-order valence-corrected chi connectivity index (χ2v) is 10.4. The average Bonchev–Trinajstić information content (AvgIpc) is 3.33.